The summed E-state index contributed by atoms with van der Waals surface area (Å²) in [6.45, 7) is 0.0925. The number of hydrogen-bond acceptors (Lipinski definition) is 6. The predicted octanol–water partition coefficient (Wildman–Crippen LogP) is 2.36. The zero-order valence-electron chi connectivity index (χ0n) is 13.6. The van der Waals surface area contributed by atoms with E-state index in [9.17, 15) is 17.6 Å². The zero-order valence-corrected chi connectivity index (χ0v) is 15.2. The van der Waals surface area contributed by atoms with Crippen LogP contribution in [-0.4, -0.2) is 39.5 Å². The Morgan fingerprint density at radius 3 is 2.76 bits per heavy atom. The van der Waals surface area contributed by atoms with Gasteiger partial charge in [0, 0.05) is 11.4 Å². The molecule has 0 N–H and O–H groups in total. The van der Waals surface area contributed by atoms with E-state index < -0.39 is 27.9 Å². The lowest BCUT2D eigenvalue weighted by molar-refractivity contribution is -0.145. The maximum Gasteiger partial charge on any atom is 0.328 e. The molecule has 1 unspecified atom stereocenters. The number of carbonyl (C=O) groups is 1. The Hall–Kier alpha value is -1.97. The van der Waals surface area contributed by atoms with Gasteiger partial charge < -0.3 is 9.47 Å². The number of methoxy groups -OCH3 is 2. The molecule has 2 aromatic rings. The lowest BCUT2D eigenvalue weighted by Crippen LogP contribution is -2.43. The molecule has 2 heterocycles. The Morgan fingerprint density at radius 1 is 1.32 bits per heavy atom. The molecular formula is C16H16FNO5S2. The topological polar surface area (TPSA) is 72.9 Å². The van der Waals surface area contributed by atoms with Crippen LogP contribution in [0, 0.1) is 5.82 Å². The Bertz CT molecular complexity index is 909. The number of ether oxygens (including phenoxy) is 2. The summed E-state index contributed by atoms with van der Waals surface area (Å²) in [4.78, 5) is 12.9. The summed E-state index contributed by atoms with van der Waals surface area (Å²) in [6.07, 6.45) is 0.470. The molecule has 9 heteroatoms. The van der Waals surface area contributed by atoms with Crippen molar-refractivity contribution in [2.45, 2.75) is 17.4 Å². The molecule has 6 nitrogen and oxygen atoms in total. The van der Waals surface area contributed by atoms with Gasteiger partial charge >= 0.3 is 5.97 Å². The van der Waals surface area contributed by atoms with Crippen molar-refractivity contribution in [2.24, 2.45) is 0 Å². The van der Waals surface area contributed by atoms with E-state index >= 15 is 0 Å². The molecule has 25 heavy (non-hydrogen) atoms. The van der Waals surface area contributed by atoms with Gasteiger partial charge in [0.15, 0.2) is 0 Å². The number of esters is 1. The number of nitrogens with zero attached hydrogens (tertiary/aromatic N) is 1. The van der Waals surface area contributed by atoms with Crippen molar-refractivity contribution in [3.63, 3.8) is 0 Å². The molecule has 0 amide bonds. The number of hydrogen-bond donors (Lipinski definition) is 0. The summed E-state index contributed by atoms with van der Waals surface area (Å²) >= 11 is 1.46. The highest BCUT2D eigenvalue weighted by Crippen LogP contribution is 2.39. The number of rotatable bonds is 4. The molecule has 0 radical (unpaired) electrons. The van der Waals surface area contributed by atoms with E-state index in [0.29, 0.717) is 12.0 Å². The summed E-state index contributed by atoms with van der Waals surface area (Å²) < 4.78 is 50.9. The van der Waals surface area contributed by atoms with Crippen LogP contribution in [0.2, 0.25) is 0 Å². The number of fused-ring (bicyclic) bond motifs is 1. The van der Waals surface area contributed by atoms with Gasteiger partial charge in [-0.1, -0.05) is 0 Å². The lowest BCUT2D eigenvalue weighted by atomic mass is 10.0. The van der Waals surface area contributed by atoms with Crippen molar-refractivity contribution in [1.29, 1.82) is 0 Å². The number of carbonyl (C=O) groups excluding carboxylic acids is 1. The maximum absolute atomic E-state index is 13.7. The largest absolute Gasteiger partial charge is 0.495 e. The van der Waals surface area contributed by atoms with Gasteiger partial charge in [0.2, 0.25) is 10.0 Å². The van der Waals surface area contributed by atoms with Crippen LogP contribution in [-0.2, 0) is 26.0 Å². The molecule has 1 aromatic carbocycles. The first-order valence-corrected chi connectivity index (χ1v) is 9.71. The molecule has 0 bridgehead atoms. The number of thiophene rings is 1. The van der Waals surface area contributed by atoms with Gasteiger partial charge in [0.05, 0.1) is 14.2 Å². The van der Waals surface area contributed by atoms with Crippen molar-refractivity contribution in [1.82, 2.24) is 4.31 Å². The molecule has 1 aliphatic heterocycles. The number of sulfonamides is 1. The molecule has 134 valence electrons. The molecule has 3 rings (SSSR count). The lowest BCUT2D eigenvalue weighted by Gasteiger charge is -2.33. The summed E-state index contributed by atoms with van der Waals surface area (Å²) in [5.41, 5.74) is 0.599. The molecule has 0 spiro atoms. The third-order valence-corrected chi connectivity index (χ3v) is 6.94. The van der Waals surface area contributed by atoms with Crippen molar-refractivity contribution < 1.29 is 27.1 Å². The van der Waals surface area contributed by atoms with Crippen LogP contribution >= 0.6 is 11.3 Å². The first-order valence-electron chi connectivity index (χ1n) is 7.39. The standard InChI is InChI=1S/C16H16FNO5S2/c1-22-12-4-3-10(17)9-14(12)25(20,21)18-7-5-13-11(6-8-24-13)15(18)16(19)23-2/h3-4,6,8-9,15H,5,7H2,1-2H3. The molecule has 0 aliphatic carbocycles. The van der Waals surface area contributed by atoms with E-state index in [4.69, 9.17) is 9.47 Å². The second kappa shape index (κ2) is 6.74. The van der Waals surface area contributed by atoms with Gasteiger partial charge in [-0.3, -0.25) is 0 Å². The van der Waals surface area contributed by atoms with Crippen LogP contribution in [0.5, 0.6) is 5.75 Å². The second-order valence-corrected chi connectivity index (χ2v) is 8.25. The summed E-state index contributed by atoms with van der Waals surface area (Å²) in [5, 5.41) is 1.81. The van der Waals surface area contributed by atoms with Crippen molar-refractivity contribution >= 4 is 27.3 Å². The average Bonchev–Trinajstić information content (AvgIpc) is 3.08. The SMILES string of the molecule is COC(=O)C1c2ccsc2CCN1S(=O)(=O)c1cc(F)ccc1OC. The van der Waals surface area contributed by atoms with E-state index in [0.717, 1.165) is 21.3 Å². The first kappa shape index (κ1) is 17.8. The quantitative estimate of drug-likeness (QED) is 0.756. The van der Waals surface area contributed by atoms with Gasteiger partial charge in [-0.25, -0.2) is 17.6 Å². The Balaban J connectivity index is 2.13. The maximum atomic E-state index is 13.7. The molecule has 1 aromatic heterocycles. The van der Waals surface area contributed by atoms with E-state index in [1.165, 1.54) is 31.6 Å². The third kappa shape index (κ3) is 3.03. The molecule has 0 saturated carbocycles. The summed E-state index contributed by atoms with van der Waals surface area (Å²) in [7, 11) is -1.67. The third-order valence-electron chi connectivity index (χ3n) is 4.06. The molecule has 1 aliphatic rings. The van der Waals surface area contributed by atoms with Gasteiger partial charge in [0.1, 0.15) is 22.5 Å². The minimum Gasteiger partial charge on any atom is -0.495 e. The van der Waals surface area contributed by atoms with Crippen LogP contribution in [0.3, 0.4) is 0 Å². The summed E-state index contributed by atoms with van der Waals surface area (Å²) in [6, 6.07) is 3.87. The van der Waals surface area contributed by atoms with Gasteiger partial charge in [0.25, 0.3) is 0 Å². The Kier molecular flexibility index (Phi) is 4.81. The van der Waals surface area contributed by atoms with Crippen LogP contribution in [0.1, 0.15) is 16.5 Å². The highest BCUT2D eigenvalue weighted by Gasteiger charge is 2.42. The molecular weight excluding hydrogens is 369 g/mol. The first-order chi connectivity index (χ1) is 11.9. The van der Waals surface area contributed by atoms with Gasteiger partial charge in [-0.2, -0.15) is 4.31 Å². The highest BCUT2D eigenvalue weighted by atomic mass is 32.2. The van der Waals surface area contributed by atoms with Crippen LogP contribution in [0.15, 0.2) is 34.5 Å². The fourth-order valence-electron chi connectivity index (χ4n) is 2.89. The molecule has 0 fully saturated rings. The average molecular weight is 385 g/mol. The van der Waals surface area contributed by atoms with E-state index in [1.807, 2.05) is 0 Å². The van der Waals surface area contributed by atoms with Crippen molar-refractivity contribution in [3.05, 3.63) is 45.9 Å². The smallest absolute Gasteiger partial charge is 0.328 e. The fourth-order valence-corrected chi connectivity index (χ4v) is 5.52. The molecule has 1 atom stereocenters. The highest BCUT2D eigenvalue weighted by molar-refractivity contribution is 7.89. The van der Waals surface area contributed by atoms with Crippen LogP contribution in [0.25, 0.3) is 0 Å². The van der Waals surface area contributed by atoms with E-state index in [2.05, 4.69) is 0 Å². The van der Waals surface area contributed by atoms with Gasteiger partial charge in [-0.15, -0.1) is 11.3 Å². The van der Waals surface area contributed by atoms with Crippen molar-refractivity contribution in [2.75, 3.05) is 20.8 Å². The second-order valence-electron chi connectivity index (χ2n) is 5.39. The van der Waals surface area contributed by atoms with E-state index in [1.54, 1.807) is 11.4 Å². The minimum absolute atomic E-state index is 0.0149. The zero-order chi connectivity index (χ0) is 18.2. The Morgan fingerprint density at radius 2 is 2.08 bits per heavy atom. The monoisotopic (exact) mass is 385 g/mol. The van der Waals surface area contributed by atoms with Gasteiger partial charge in [-0.05, 0) is 41.6 Å². The fraction of sp³-hybridized carbons (Fsp3) is 0.312. The normalized spacial score (nSPS) is 17.8. The summed E-state index contributed by atoms with van der Waals surface area (Å²) in [5.74, 6) is -1.37. The van der Waals surface area contributed by atoms with Crippen LogP contribution < -0.4 is 4.74 Å². The van der Waals surface area contributed by atoms with Crippen LogP contribution in [0.4, 0.5) is 4.39 Å². The van der Waals surface area contributed by atoms with E-state index in [-0.39, 0.29) is 17.2 Å². The number of benzene rings is 1. The number of halogens is 1. The molecule has 0 saturated heterocycles. The predicted molar refractivity (Wildman–Crippen MR) is 89.6 cm³/mol. The minimum atomic E-state index is -4.18. The Labute approximate surface area is 148 Å². The van der Waals surface area contributed by atoms with Crippen molar-refractivity contribution in [3.8, 4) is 5.75 Å².